The first-order valence-corrected chi connectivity index (χ1v) is 7.64. The van der Waals surface area contributed by atoms with Gasteiger partial charge in [0.15, 0.2) is 0 Å². The van der Waals surface area contributed by atoms with Gasteiger partial charge in [-0.05, 0) is 32.0 Å². The van der Waals surface area contributed by atoms with Crippen LogP contribution in [0.4, 0.5) is 0 Å². The number of carboxylic acid groups (broad SMARTS) is 1. The predicted molar refractivity (Wildman–Crippen MR) is 88.7 cm³/mol. The minimum absolute atomic E-state index is 0.0630. The Kier molecular flexibility index (Phi) is 5.76. The number of hydrogen-bond acceptors (Lipinski definition) is 5. The second-order valence-electron chi connectivity index (χ2n) is 5.70. The van der Waals surface area contributed by atoms with Crippen molar-refractivity contribution in [1.82, 2.24) is 4.90 Å². The number of carboxylic acids is 1. The van der Waals surface area contributed by atoms with Crippen molar-refractivity contribution in [3.63, 3.8) is 0 Å². The summed E-state index contributed by atoms with van der Waals surface area (Å²) in [5.41, 5.74) is 1.07. The zero-order chi connectivity index (χ0) is 17.7. The van der Waals surface area contributed by atoms with Crippen molar-refractivity contribution in [2.75, 3.05) is 13.7 Å². The number of esters is 1. The van der Waals surface area contributed by atoms with Gasteiger partial charge in [-0.25, -0.2) is 4.79 Å². The van der Waals surface area contributed by atoms with E-state index in [0.29, 0.717) is 29.2 Å². The molecule has 0 amide bonds. The van der Waals surface area contributed by atoms with Crippen molar-refractivity contribution in [3.05, 3.63) is 47.7 Å². The van der Waals surface area contributed by atoms with E-state index in [0.717, 1.165) is 0 Å². The highest BCUT2D eigenvalue weighted by atomic mass is 16.5. The third kappa shape index (κ3) is 4.23. The smallest absolute Gasteiger partial charge is 0.338 e. The van der Waals surface area contributed by atoms with E-state index in [-0.39, 0.29) is 12.6 Å². The fourth-order valence-corrected chi connectivity index (χ4v) is 2.39. The van der Waals surface area contributed by atoms with Gasteiger partial charge in [-0.2, -0.15) is 0 Å². The number of nitrogens with zero attached hydrogens (tertiary/aromatic N) is 1. The molecule has 0 radical (unpaired) electrons. The zero-order valence-corrected chi connectivity index (χ0v) is 14.0. The number of aliphatic carboxylic acids is 1. The van der Waals surface area contributed by atoms with Crippen molar-refractivity contribution in [1.29, 1.82) is 0 Å². The molecule has 1 aromatic heterocycles. The Bertz CT molecular complexity index is 720. The second kappa shape index (κ2) is 7.79. The molecule has 0 unspecified atom stereocenters. The summed E-state index contributed by atoms with van der Waals surface area (Å²) in [5, 5.41) is 8.99. The Morgan fingerprint density at radius 2 is 1.92 bits per heavy atom. The molecule has 0 fully saturated rings. The summed E-state index contributed by atoms with van der Waals surface area (Å²) < 4.78 is 10.6. The maximum absolute atomic E-state index is 11.9. The Labute approximate surface area is 140 Å². The maximum Gasteiger partial charge on any atom is 0.338 e. The number of hydrogen-bond donors (Lipinski definition) is 1. The lowest BCUT2D eigenvalue weighted by atomic mass is 10.1. The van der Waals surface area contributed by atoms with Crippen LogP contribution in [0, 0.1) is 0 Å². The number of rotatable bonds is 7. The average Bonchev–Trinajstić information content (AvgIpc) is 3.01. The Morgan fingerprint density at radius 1 is 1.21 bits per heavy atom. The third-order valence-corrected chi connectivity index (χ3v) is 3.69. The molecule has 1 heterocycles. The summed E-state index contributed by atoms with van der Waals surface area (Å²) in [5.74, 6) is -0.130. The van der Waals surface area contributed by atoms with Crippen LogP contribution in [0.3, 0.4) is 0 Å². The number of carbonyl (C=O) groups is 2. The summed E-state index contributed by atoms with van der Waals surface area (Å²) in [6.45, 7) is 4.18. The van der Waals surface area contributed by atoms with Crippen LogP contribution >= 0.6 is 0 Å². The van der Waals surface area contributed by atoms with Gasteiger partial charge in [0, 0.05) is 11.6 Å². The Morgan fingerprint density at radius 3 is 2.54 bits per heavy atom. The Balaban J connectivity index is 2.25. The molecule has 0 atom stereocenters. The minimum atomic E-state index is -0.883. The largest absolute Gasteiger partial charge is 0.480 e. The standard InChI is InChI=1S/C18H21NO5/c1-12(2)19(11-17(20)21)10-13-8-9-16(24-13)14-6-4-5-7-15(14)18(22)23-3/h4-9,12H,10-11H2,1-3H3,(H,20,21). The fourth-order valence-electron chi connectivity index (χ4n) is 2.39. The van der Waals surface area contributed by atoms with Crippen LogP contribution in [0.2, 0.25) is 0 Å². The Hall–Kier alpha value is -2.60. The highest BCUT2D eigenvalue weighted by Crippen LogP contribution is 2.27. The first kappa shape index (κ1) is 17.7. The second-order valence-corrected chi connectivity index (χ2v) is 5.70. The quantitative estimate of drug-likeness (QED) is 0.786. The molecule has 2 aromatic rings. The van der Waals surface area contributed by atoms with Gasteiger partial charge >= 0.3 is 11.9 Å². The van der Waals surface area contributed by atoms with Gasteiger partial charge in [-0.3, -0.25) is 9.69 Å². The topological polar surface area (TPSA) is 80.0 Å². The number of ether oxygens (including phenoxy) is 1. The van der Waals surface area contributed by atoms with Crippen LogP contribution in [0.25, 0.3) is 11.3 Å². The molecule has 128 valence electrons. The normalized spacial score (nSPS) is 11.0. The van der Waals surface area contributed by atoms with E-state index in [1.165, 1.54) is 7.11 Å². The molecule has 1 aromatic carbocycles. The molecule has 0 aliphatic carbocycles. The van der Waals surface area contributed by atoms with Crippen LogP contribution in [-0.2, 0) is 16.1 Å². The van der Waals surface area contributed by atoms with Crippen molar-refractivity contribution < 1.29 is 23.8 Å². The summed E-state index contributed by atoms with van der Waals surface area (Å²) in [4.78, 5) is 24.6. The van der Waals surface area contributed by atoms with Crippen LogP contribution < -0.4 is 0 Å². The van der Waals surface area contributed by atoms with E-state index < -0.39 is 11.9 Å². The molecule has 6 nitrogen and oxygen atoms in total. The molecular weight excluding hydrogens is 310 g/mol. The zero-order valence-electron chi connectivity index (χ0n) is 14.0. The van der Waals surface area contributed by atoms with Crippen LogP contribution in [0.1, 0.15) is 30.0 Å². The lowest BCUT2D eigenvalue weighted by molar-refractivity contribution is -0.139. The summed E-state index contributed by atoms with van der Waals surface area (Å²) in [6.07, 6.45) is 0. The van der Waals surface area contributed by atoms with Gasteiger partial charge in [-0.1, -0.05) is 18.2 Å². The van der Waals surface area contributed by atoms with Gasteiger partial charge in [-0.15, -0.1) is 0 Å². The van der Waals surface area contributed by atoms with Crippen molar-refractivity contribution in [2.45, 2.75) is 26.4 Å². The van der Waals surface area contributed by atoms with Crippen LogP contribution in [-0.4, -0.2) is 41.6 Å². The molecular formula is C18H21NO5. The lowest BCUT2D eigenvalue weighted by Crippen LogP contribution is -2.34. The van der Waals surface area contributed by atoms with Gasteiger partial charge in [0.25, 0.3) is 0 Å². The molecule has 0 saturated carbocycles. The summed E-state index contributed by atoms with van der Waals surface area (Å²) >= 11 is 0. The van der Waals surface area contributed by atoms with E-state index in [1.807, 2.05) is 19.9 Å². The fraction of sp³-hybridized carbons (Fsp3) is 0.333. The molecule has 0 aliphatic heterocycles. The van der Waals surface area contributed by atoms with Gasteiger partial charge < -0.3 is 14.3 Å². The van der Waals surface area contributed by atoms with Crippen molar-refractivity contribution in [2.24, 2.45) is 0 Å². The number of furan rings is 1. The summed E-state index contributed by atoms with van der Waals surface area (Å²) in [6, 6.07) is 10.7. The highest BCUT2D eigenvalue weighted by molar-refractivity contribution is 5.96. The molecule has 0 aliphatic rings. The number of benzene rings is 1. The summed E-state index contributed by atoms with van der Waals surface area (Å²) in [7, 11) is 1.33. The maximum atomic E-state index is 11.9. The number of methoxy groups -OCH3 is 1. The van der Waals surface area contributed by atoms with E-state index in [2.05, 4.69) is 0 Å². The SMILES string of the molecule is COC(=O)c1ccccc1-c1ccc(CN(CC(=O)O)C(C)C)o1. The third-order valence-electron chi connectivity index (χ3n) is 3.69. The van der Waals surface area contributed by atoms with Gasteiger partial charge in [0.2, 0.25) is 0 Å². The van der Waals surface area contributed by atoms with E-state index in [1.54, 1.807) is 35.2 Å². The molecule has 24 heavy (non-hydrogen) atoms. The molecule has 6 heteroatoms. The predicted octanol–water partition coefficient (Wildman–Crippen LogP) is 3.03. The van der Waals surface area contributed by atoms with Crippen molar-refractivity contribution in [3.8, 4) is 11.3 Å². The molecule has 0 saturated heterocycles. The van der Waals surface area contributed by atoms with Crippen molar-refractivity contribution >= 4 is 11.9 Å². The van der Waals surface area contributed by atoms with E-state index in [9.17, 15) is 9.59 Å². The first-order chi connectivity index (χ1) is 11.4. The van der Waals surface area contributed by atoms with E-state index >= 15 is 0 Å². The first-order valence-electron chi connectivity index (χ1n) is 7.64. The molecule has 0 spiro atoms. The van der Waals surface area contributed by atoms with Crippen LogP contribution in [0.15, 0.2) is 40.8 Å². The lowest BCUT2D eigenvalue weighted by Gasteiger charge is -2.23. The van der Waals surface area contributed by atoms with E-state index in [4.69, 9.17) is 14.3 Å². The van der Waals surface area contributed by atoms with Gasteiger partial charge in [0.05, 0.1) is 25.8 Å². The average molecular weight is 331 g/mol. The highest BCUT2D eigenvalue weighted by Gasteiger charge is 2.18. The molecule has 2 rings (SSSR count). The molecule has 0 bridgehead atoms. The minimum Gasteiger partial charge on any atom is -0.480 e. The molecule has 1 N–H and O–H groups in total. The van der Waals surface area contributed by atoms with Gasteiger partial charge in [0.1, 0.15) is 11.5 Å². The monoisotopic (exact) mass is 331 g/mol. The number of carbonyl (C=O) groups excluding carboxylic acids is 1. The van der Waals surface area contributed by atoms with Crippen LogP contribution in [0.5, 0.6) is 0 Å².